The van der Waals surface area contributed by atoms with Gasteiger partial charge >= 0.3 is 6.18 Å². The molecule has 2 aromatic heterocycles. The van der Waals surface area contributed by atoms with Crippen LogP contribution >= 0.6 is 0 Å². The molecule has 2 aromatic carbocycles. The molecule has 1 atom stereocenters. The standard InChI is InChI=1S/C31H28F5N3O3/c1-30(2,41)23-13-24(39-28(26(23)33)17-6-8-21(32)9-7-17)22(16-4-5-16)15-38-29(40)19-10-18-11-20(31(34,35)36)14-37-27(18)25(12-19)42-3/h6-14,16,22,41H,4-5,15H2,1-3H3,(H,38,40). The van der Waals surface area contributed by atoms with Crippen LogP contribution < -0.4 is 10.1 Å². The molecule has 11 heteroatoms. The summed E-state index contributed by atoms with van der Waals surface area (Å²) in [5.74, 6) is -1.86. The van der Waals surface area contributed by atoms with Crippen LogP contribution in [-0.2, 0) is 11.8 Å². The van der Waals surface area contributed by atoms with Crippen molar-refractivity contribution in [3.8, 4) is 17.0 Å². The molecule has 1 unspecified atom stereocenters. The van der Waals surface area contributed by atoms with Crippen LogP contribution in [0.5, 0.6) is 5.75 Å². The summed E-state index contributed by atoms with van der Waals surface area (Å²) in [6.07, 6.45) is -2.21. The van der Waals surface area contributed by atoms with E-state index < -0.39 is 34.9 Å². The van der Waals surface area contributed by atoms with Gasteiger partial charge in [-0.2, -0.15) is 13.2 Å². The third-order valence-electron chi connectivity index (χ3n) is 7.37. The van der Waals surface area contributed by atoms with Crippen LogP contribution in [0.1, 0.15) is 59.8 Å². The Morgan fingerprint density at radius 2 is 1.79 bits per heavy atom. The van der Waals surface area contributed by atoms with Crippen molar-refractivity contribution in [3.63, 3.8) is 0 Å². The number of nitrogens with one attached hydrogen (secondary N) is 1. The zero-order valence-corrected chi connectivity index (χ0v) is 23.0. The lowest BCUT2D eigenvalue weighted by molar-refractivity contribution is -0.137. The van der Waals surface area contributed by atoms with Gasteiger partial charge in [0.05, 0.1) is 18.3 Å². The van der Waals surface area contributed by atoms with Crippen LogP contribution in [-0.4, -0.2) is 34.6 Å². The number of aliphatic hydroxyl groups is 1. The normalized spacial score (nSPS) is 14.6. The van der Waals surface area contributed by atoms with Crippen LogP contribution in [0.2, 0.25) is 0 Å². The first-order valence-electron chi connectivity index (χ1n) is 13.3. The van der Waals surface area contributed by atoms with E-state index in [9.17, 15) is 27.5 Å². The van der Waals surface area contributed by atoms with Crippen LogP contribution in [0.15, 0.2) is 54.7 Å². The molecule has 1 fully saturated rings. The molecule has 0 aliphatic heterocycles. The summed E-state index contributed by atoms with van der Waals surface area (Å²) >= 11 is 0. The average Bonchev–Trinajstić information content (AvgIpc) is 3.77. The van der Waals surface area contributed by atoms with Gasteiger partial charge in [-0.3, -0.25) is 9.78 Å². The second-order valence-electron chi connectivity index (χ2n) is 10.9. The minimum atomic E-state index is -4.61. The summed E-state index contributed by atoms with van der Waals surface area (Å²) in [5, 5.41) is 13.7. The van der Waals surface area contributed by atoms with Gasteiger partial charge in [-0.05, 0) is 81.1 Å². The van der Waals surface area contributed by atoms with E-state index >= 15 is 4.39 Å². The van der Waals surface area contributed by atoms with Crippen molar-refractivity contribution < 1.29 is 36.6 Å². The monoisotopic (exact) mass is 585 g/mol. The Kier molecular flexibility index (Phi) is 7.65. The Bertz CT molecular complexity index is 1650. The van der Waals surface area contributed by atoms with E-state index in [1.54, 1.807) is 0 Å². The van der Waals surface area contributed by atoms with Gasteiger partial charge in [0.2, 0.25) is 0 Å². The van der Waals surface area contributed by atoms with Gasteiger partial charge in [-0.25, -0.2) is 13.8 Å². The largest absolute Gasteiger partial charge is 0.494 e. The van der Waals surface area contributed by atoms with E-state index in [1.165, 1.54) is 63.4 Å². The molecule has 0 saturated heterocycles. The maximum atomic E-state index is 15.6. The number of hydrogen-bond acceptors (Lipinski definition) is 5. The van der Waals surface area contributed by atoms with E-state index in [-0.39, 0.29) is 51.9 Å². The molecular formula is C31H28F5N3O3. The van der Waals surface area contributed by atoms with Crippen LogP contribution in [0, 0.1) is 17.6 Å². The molecular weight excluding hydrogens is 557 g/mol. The lowest BCUT2D eigenvalue weighted by Crippen LogP contribution is -2.30. The maximum Gasteiger partial charge on any atom is 0.417 e. The number of fused-ring (bicyclic) bond motifs is 1. The number of ether oxygens (including phenoxy) is 1. The predicted molar refractivity (Wildman–Crippen MR) is 146 cm³/mol. The third-order valence-corrected chi connectivity index (χ3v) is 7.37. The molecule has 2 heterocycles. The van der Waals surface area contributed by atoms with E-state index in [4.69, 9.17) is 4.74 Å². The third kappa shape index (κ3) is 6.06. The molecule has 42 heavy (non-hydrogen) atoms. The molecule has 2 N–H and O–H groups in total. The molecule has 1 amide bonds. The summed E-state index contributed by atoms with van der Waals surface area (Å²) in [6, 6.07) is 10.3. The number of nitrogens with zero attached hydrogens (tertiary/aromatic N) is 2. The fourth-order valence-electron chi connectivity index (χ4n) is 4.96. The number of aromatic nitrogens is 2. The van der Waals surface area contributed by atoms with Crippen LogP contribution in [0.25, 0.3) is 22.2 Å². The van der Waals surface area contributed by atoms with Gasteiger partial charge in [-0.15, -0.1) is 0 Å². The van der Waals surface area contributed by atoms with Gasteiger partial charge in [-0.1, -0.05) is 0 Å². The van der Waals surface area contributed by atoms with Gasteiger partial charge in [0.1, 0.15) is 22.8 Å². The fraction of sp³-hybridized carbons (Fsp3) is 0.323. The Balaban J connectivity index is 1.48. The number of hydrogen-bond donors (Lipinski definition) is 2. The van der Waals surface area contributed by atoms with E-state index in [0.29, 0.717) is 17.5 Å². The molecule has 220 valence electrons. The Morgan fingerprint density at radius 3 is 2.38 bits per heavy atom. The smallest absolute Gasteiger partial charge is 0.417 e. The molecule has 5 rings (SSSR count). The first kappa shape index (κ1) is 29.4. The van der Waals surface area contributed by atoms with Gasteiger partial charge in [0.15, 0.2) is 5.82 Å². The van der Waals surface area contributed by atoms with E-state index in [2.05, 4.69) is 15.3 Å². The first-order chi connectivity index (χ1) is 19.8. The maximum absolute atomic E-state index is 15.6. The summed E-state index contributed by atoms with van der Waals surface area (Å²) in [6.45, 7) is 2.99. The number of rotatable bonds is 8. The van der Waals surface area contributed by atoms with Gasteiger partial charge in [0, 0.05) is 46.4 Å². The van der Waals surface area contributed by atoms with Crippen LogP contribution in [0.4, 0.5) is 22.0 Å². The lowest BCUT2D eigenvalue weighted by atomic mass is 9.90. The molecule has 0 radical (unpaired) electrons. The highest BCUT2D eigenvalue weighted by molar-refractivity contribution is 6.00. The number of alkyl halides is 3. The second-order valence-corrected chi connectivity index (χ2v) is 10.9. The summed E-state index contributed by atoms with van der Waals surface area (Å²) in [5.41, 5.74) is -1.51. The topological polar surface area (TPSA) is 84.3 Å². The summed E-state index contributed by atoms with van der Waals surface area (Å²) < 4.78 is 74.3. The molecule has 4 aromatic rings. The van der Waals surface area contributed by atoms with Crippen molar-refractivity contribution >= 4 is 16.8 Å². The number of benzene rings is 2. The zero-order valence-electron chi connectivity index (χ0n) is 23.0. The second kappa shape index (κ2) is 10.9. The molecule has 1 aliphatic carbocycles. The quantitative estimate of drug-likeness (QED) is 0.224. The van der Waals surface area contributed by atoms with E-state index in [1.807, 2.05) is 0 Å². The van der Waals surface area contributed by atoms with Crippen LogP contribution in [0.3, 0.4) is 0 Å². The lowest BCUT2D eigenvalue weighted by Gasteiger charge is -2.24. The van der Waals surface area contributed by atoms with Crippen molar-refractivity contribution in [2.45, 2.75) is 44.4 Å². The Hall–Kier alpha value is -4.12. The zero-order chi connectivity index (χ0) is 30.4. The fourth-order valence-corrected chi connectivity index (χ4v) is 4.96. The number of carbonyl (C=O) groups is 1. The predicted octanol–water partition coefficient (Wildman–Crippen LogP) is 6.75. The van der Waals surface area contributed by atoms with E-state index in [0.717, 1.165) is 18.9 Å². The number of carbonyl (C=O) groups excluding carboxylic acids is 1. The Labute approximate surface area is 238 Å². The summed E-state index contributed by atoms with van der Waals surface area (Å²) in [4.78, 5) is 21.7. The van der Waals surface area contributed by atoms with Gasteiger partial charge in [0.25, 0.3) is 5.91 Å². The van der Waals surface area contributed by atoms with Crippen molar-refractivity contribution in [2.24, 2.45) is 5.92 Å². The summed E-state index contributed by atoms with van der Waals surface area (Å²) in [7, 11) is 1.33. The number of amides is 1. The highest BCUT2D eigenvalue weighted by atomic mass is 19.4. The minimum Gasteiger partial charge on any atom is -0.494 e. The first-order valence-corrected chi connectivity index (χ1v) is 13.3. The van der Waals surface area contributed by atoms with Crippen molar-refractivity contribution in [1.82, 2.24) is 15.3 Å². The molecule has 1 aliphatic rings. The van der Waals surface area contributed by atoms with Crippen molar-refractivity contribution in [3.05, 3.63) is 88.7 Å². The molecule has 0 bridgehead atoms. The Morgan fingerprint density at radius 1 is 1.10 bits per heavy atom. The molecule has 0 spiro atoms. The molecule has 1 saturated carbocycles. The highest BCUT2D eigenvalue weighted by Crippen LogP contribution is 2.43. The molecule has 6 nitrogen and oxygen atoms in total. The highest BCUT2D eigenvalue weighted by Gasteiger charge is 2.36. The van der Waals surface area contributed by atoms with Crippen molar-refractivity contribution in [2.75, 3.05) is 13.7 Å². The minimum absolute atomic E-state index is 0.0102. The average molecular weight is 586 g/mol. The number of halogens is 5. The number of methoxy groups -OCH3 is 1. The van der Waals surface area contributed by atoms with Gasteiger partial charge < -0.3 is 15.2 Å². The van der Waals surface area contributed by atoms with Crippen molar-refractivity contribution in [1.29, 1.82) is 0 Å². The SMILES string of the molecule is COc1cc(C(=O)NCC(c2cc(C(C)(C)O)c(F)c(-c3ccc(F)cc3)n2)C2CC2)cc2cc(C(F)(F)F)cnc12. The number of pyridine rings is 2.